The quantitative estimate of drug-likeness (QED) is 0.775. The van der Waals surface area contributed by atoms with E-state index in [4.69, 9.17) is 4.74 Å². The zero-order chi connectivity index (χ0) is 11.0. The molecule has 2 aliphatic heterocycles. The molecule has 0 fully saturated rings. The van der Waals surface area contributed by atoms with Crippen LogP contribution < -0.4 is 5.32 Å². The van der Waals surface area contributed by atoms with Crippen LogP contribution in [-0.4, -0.2) is 25.0 Å². The molecule has 1 unspecified atom stereocenters. The Morgan fingerprint density at radius 2 is 2.12 bits per heavy atom. The number of rotatable bonds is 1. The Morgan fingerprint density at radius 1 is 1.31 bits per heavy atom. The first kappa shape index (κ1) is 9.73. The lowest BCUT2D eigenvalue weighted by Gasteiger charge is -2.23. The third kappa shape index (κ3) is 1.48. The summed E-state index contributed by atoms with van der Waals surface area (Å²) in [5, 5.41) is 3.38. The van der Waals surface area contributed by atoms with Crippen LogP contribution in [0.15, 0.2) is 41.8 Å². The van der Waals surface area contributed by atoms with Crippen molar-refractivity contribution < 1.29 is 4.74 Å². The Kier molecular flexibility index (Phi) is 2.33. The molecule has 0 bridgehead atoms. The van der Waals surface area contributed by atoms with Gasteiger partial charge in [-0.1, -0.05) is 30.3 Å². The maximum absolute atomic E-state index is 6.03. The average Bonchev–Trinajstić information content (AvgIpc) is 2.69. The first-order valence-electron chi connectivity index (χ1n) is 5.73. The highest BCUT2D eigenvalue weighted by atomic mass is 16.5. The van der Waals surface area contributed by atoms with Crippen molar-refractivity contribution in [3.63, 3.8) is 0 Å². The fraction of sp³-hybridized carbons (Fsp3) is 0.385. The molecular weight excluding hydrogens is 200 g/mol. The van der Waals surface area contributed by atoms with Gasteiger partial charge in [-0.2, -0.15) is 0 Å². The Bertz CT molecular complexity index is 413. The number of likely N-dealkylation sites (N-methyl/N-ethyl adjacent to an activating group) is 1. The van der Waals surface area contributed by atoms with Gasteiger partial charge in [-0.15, -0.1) is 0 Å². The van der Waals surface area contributed by atoms with Gasteiger partial charge in [0.25, 0.3) is 0 Å². The van der Waals surface area contributed by atoms with Gasteiger partial charge >= 0.3 is 0 Å². The zero-order valence-corrected chi connectivity index (χ0v) is 9.44. The molecule has 16 heavy (non-hydrogen) atoms. The third-order valence-corrected chi connectivity index (χ3v) is 3.26. The fourth-order valence-electron chi connectivity index (χ4n) is 2.36. The number of hydrogen-bond donors (Lipinski definition) is 1. The third-order valence-electron chi connectivity index (χ3n) is 3.26. The summed E-state index contributed by atoms with van der Waals surface area (Å²) in [4.78, 5) is 2.23. The van der Waals surface area contributed by atoms with E-state index in [9.17, 15) is 0 Å². The molecule has 2 aliphatic rings. The zero-order valence-electron chi connectivity index (χ0n) is 9.44. The standard InChI is InChI=1S/C13H16N2O/c1-15-11-9-14-8-7-12(11)16-13(15)10-5-3-2-4-6-10/h2-6,13-14H,7-9H2,1H3. The molecule has 3 rings (SSSR count). The molecular formula is C13H16N2O. The maximum Gasteiger partial charge on any atom is 0.198 e. The normalized spacial score (nSPS) is 24.3. The SMILES string of the molecule is CN1C2=C(CCNC2)OC1c1ccccc1. The molecule has 1 aromatic rings. The summed E-state index contributed by atoms with van der Waals surface area (Å²) >= 11 is 0. The van der Waals surface area contributed by atoms with Gasteiger partial charge in [0.1, 0.15) is 5.76 Å². The van der Waals surface area contributed by atoms with Crippen LogP contribution in [0.25, 0.3) is 0 Å². The maximum atomic E-state index is 6.03. The lowest BCUT2D eigenvalue weighted by Crippen LogP contribution is -2.29. The van der Waals surface area contributed by atoms with Crippen LogP contribution in [0.5, 0.6) is 0 Å². The average molecular weight is 216 g/mol. The van der Waals surface area contributed by atoms with Gasteiger partial charge in [0.2, 0.25) is 0 Å². The summed E-state index contributed by atoms with van der Waals surface area (Å²) in [6, 6.07) is 10.4. The van der Waals surface area contributed by atoms with Crippen molar-refractivity contribution in [3.05, 3.63) is 47.4 Å². The van der Waals surface area contributed by atoms with Crippen molar-refractivity contribution in [2.45, 2.75) is 12.6 Å². The lowest BCUT2D eigenvalue weighted by atomic mass is 10.2. The van der Waals surface area contributed by atoms with Crippen molar-refractivity contribution >= 4 is 0 Å². The second-order valence-electron chi connectivity index (χ2n) is 4.29. The summed E-state index contributed by atoms with van der Waals surface area (Å²) in [7, 11) is 2.10. The lowest BCUT2D eigenvalue weighted by molar-refractivity contribution is 0.0521. The number of benzene rings is 1. The molecule has 0 radical (unpaired) electrons. The van der Waals surface area contributed by atoms with Crippen LogP contribution in [0.2, 0.25) is 0 Å². The molecule has 0 saturated carbocycles. The van der Waals surface area contributed by atoms with Crippen molar-refractivity contribution in [3.8, 4) is 0 Å². The van der Waals surface area contributed by atoms with Crippen LogP contribution >= 0.6 is 0 Å². The van der Waals surface area contributed by atoms with Crippen molar-refractivity contribution in [2.24, 2.45) is 0 Å². The highest BCUT2D eigenvalue weighted by molar-refractivity contribution is 5.25. The van der Waals surface area contributed by atoms with E-state index in [0.717, 1.165) is 25.3 Å². The van der Waals surface area contributed by atoms with E-state index in [-0.39, 0.29) is 6.23 Å². The summed E-state index contributed by atoms with van der Waals surface area (Å²) in [6.45, 7) is 1.95. The summed E-state index contributed by atoms with van der Waals surface area (Å²) in [5.74, 6) is 1.16. The van der Waals surface area contributed by atoms with Crippen LogP contribution in [-0.2, 0) is 4.74 Å². The van der Waals surface area contributed by atoms with E-state index < -0.39 is 0 Å². The largest absolute Gasteiger partial charge is 0.469 e. The highest BCUT2D eigenvalue weighted by Crippen LogP contribution is 2.36. The molecule has 3 nitrogen and oxygen atoms in total. The highest BCUT2D eigenvalue weighted by Gasteiger charge is 2.32. The minimum atomic E-state index is 0.0612. The minimum Gasteiger partial charge on any atom is -0.469 e. The molecule has 0 aromatic heterocycles. The Balaban J connectivity index is 1.87. The van der Waals surface area contributed by atoms with E-state index in [1.165, 1.54) is 11.3 Å². The van der Waals surface area contributed by atoms with Gasteiger partial charge in [-0.3, -0.25) is 0 Å². The van der Waals surface area contributed by atoms with E-state index >= 15 is 0 Å². The van der Waals surface area contributed by atoms with E-state index in [1.807, 2.05) is 6.07 Å². The molecule has 0 saturated heterocycles. The predicted octanol–water partition coefficient (Wildman–Crippen LogP) is 1.85. The smallest absolute Gasteiger partial charge is 0.198 e. The molecule has 2 heterocycles. The van der Waals surface area contributed by atoms with E-state index in [2.05, 4.69) is 41.5 Å². The van der Waals surface area contributed by atoms with Gasteiger partial charge < -0.3 is 15.0 Å². The van der Waals surface area contributed by atoms with Crippen LogP contribution in [0, 0.1) is 0 Å². The van der Waals surface area contributed by atoms with E-state index in [0.29, 0.717) is 0 Å². The van der Waals surface area contributed by atoms with Crippen LogP contribution in [0.3, 0.4) is 0 Å². The van der Waals surface area contributed by atoms with Gasteiger partial charge in [0.05, 0.1) is 5.70 Å². The first-order chi connectivity index (χ1) is 7.86. The molecule has 1 atom stereocenters. The minimum absolute atomic E-state index is 0.0612. The number of nitrogens with zero attached hydrogens (tertiary/aromatic N) is 1. The predicted molar refractivity (Wildman–Crippen MR) is 62.5 cm³/mol. The summed E-state index contributed by atoms with van der Waals surface area (Å²) in [5.41, 5.74) is 2.53. The summed E-state index contributed by atoms with van der Waals surface area (Å²) < 4.78 is 6.03. The molecule has 1 aromatic carbocycles. The molecule has 0 amide bonds. The summed E-state index contributed by atoms with van der Waals surface area (Å²) in [6.07, 6.45) is 1.06. The van der Waals surface area contributed by atoms with Crippen molar-refractivity contribution in [2.75, 3.05) is 20.1 Å². The molecule has 1 N–H and O–H groups in total. The Morgan fingerprint density at radius 3 is 2.88 bits per heavy atom. The van der Waals surface area contributed by atoms with Crippen LogP contribution in [0.1, 0.15) is 18.2 Å². The van der Waals surface area contributed by atoms with Gasteiger partial charge in [0, 0.05) is 32.1 Å². The Labute approximate surface area is 95.7 Å². The van der Waals surface area contributed by atoms with Crippen LogP contribution in [0.4, 0.5) is 0 Å². The second kappa shape index (κ2) is 3.83. The molecule has 0 aliphatic carbocycles. The van der Waals surface area contributed by atoms with Gasteiger partial charge in [0.15, 0.2) is 6.23 Å². The van der Waals surface area contributed by atoms with Crippen molar-refractivity contribution in [1.29, 1.82) is 0 Å². The molecule has 84 valence electrons. The van der Waals surface area contributed by atoms with Gasteiger partial charge in [-0.05, 0) is 0 Å². The number of nitrogens with one attached hydrogen (secondary N) is 1. The fourth-order valence-corrected chi connectivity index (χ4v) is 2.36. The number of ether oxygens (including phenoxy) is 1. The first-order valence-corrected chi connectivity index (χ1v) is 5.73. The topological polar surface area (TPSA) is 24.5 Å². The number of hydrogen-bond acceptors (Lipinski definition) is 3. The van der Waals surface area contributed by atoms with E-state index in [1.54, 1.807) is 0 Å². The van der Waals surface area contributed by atoms with Crippen molar-refractivity contribution in [1.82, 2.24) is 10.2 Å². The monoisotopic (exact) mass is 216 g/mol. The molecule has 3 heteroatoms. The molecule has 0 spiro atoms. The second-order valence-corrected chi connectivity index (χ2v) is 4.29. The Hall–Kier alpha value is -1.48. The van der Waals surface area contributed by atoms with Gasteiger partial charge in [-0.25, -0.2) is 0 Å².